The Morgan fingerprint density at radius 1 is 1.36 bits per heavy atom. The van der Waals surface area contributed by atoms with Crippen LogP contribution in [0.2, 0.25) is 0 Å². The smallest absolute Gasteiger partial charge is 0.268 e. The van der Waals surface area contributed by atoms with Gasteiger partial charge in [0, 0.05) is 10.6 Å². The number of hydrogen-bond acceptors (Lipinski definition) is 3. The highest BCUT2D eigenvalue weighted by Gasteiger charge is 2.39. The first kappa shape index (κ1) is 9.91. The maximum absolute atomic E-state index is 11.7. The molecular weight excluding hydrogens is 317 g/mol. The minimum atomic E-state index is -3.59. The lowest BCUT2D eigenvalue weighted by Crippen LogP contribution is -2.25. The molecule has 0 aliphatic carbocycles. The molecule has 1 aromatic rings. The van der Waals surface area contributed by atoms with Crippen LogP contribution in [0.5, 0.6) is 0 Å². The van der Waals surface area contributed by atoms with Crippen LogP contribution in [-0.2, 0) is 10.0 Å². The van der Waals surface area contributed by atoms with Gasteiger partial charge < -0.3 is 0 Å². The van der Waals surface area contributed by atoms with E-state index < -0.39 is 15.9 Å². The van der Waals surface area contributed by atoms with Crippen molar-refractivity contribution < 1.29 is 13.2 Å². The van der Waals surface area contributed by atoms with Gasteiger partial charge in [-0.1, -0.05) is 6.07 Å². The summed E-state index contributed by atoms with van der Waals surface area (Å²) in [5.74, 6) is -0.460. The molecule has 2 rings (SSSR count). The van der Waals surface area contributed by atoms with Crippen LogP contribution in [0.3, 0.4) is 0 Å². The number of carbonyl (C=O) groups excluding carboxylic acids is 1. The average Bonchev–Trinajstić information content (AvgIpc) is 2.29. The summed E-state index contributed by atoms with van der Waals surface area (Å²) < 4.78 is 24.8. The van der Waals surface area contributed by atoms with Crippen molar-refractivity contribution in [2.75, 3.05) is 7.05 Å². The van der Waals surface area contributed by atoms with Crippen LogP contribution in [-0.4, -0.2) is 25.7 Å². The Morgan fingerprint density at radius 2 is 2.00 bits per heavy atom. The average molecular weight is 323 g/mol. The third-order valence-corrected chi connectivity index (χ3v) is 5.21. The molecule has 0 radical (unpaired) electrons. The number of sulfonamides is 1. The Balaban J connectivity index is 2.89. The van der Waals surface area contributed by atoms with Gasteiger partial charge >= 0.3 is 0 Å². The number of fused-ring (bicyclic) bond motifs is 1. The van der Waals surface area contributed by atoms with E-state index in [1.54, 1.807) is 12.1 Å². The van der Waals surface area contributed by atoms with Gasteiger partial charge in [-0.15, -0.1) is 0 Å². The molecule has 1 aromatic carbocycles. The summed E-state index contributed by atoms with van der Waals surface area (Å²) in [6, 6.07) is 4.87. The minimum absolute atomic E-state index is 0.133. The van der Waals surface area contributed by atoms with E-state index in [1.165, 1.54) is 13.1 Å². The highest BCUT2D eigenvalue weighted by atomic mass is 127. The predicted octanol–water partition coefficient (Wildman–Crippen LogP) is 1.07. The van der Waals surface area contributed by atoms with Gasteiger partial charge in [-0.25, -0.2) is 12.7 Å². The van der Waals surface area contributed by atoms with Crippen molar-refractivity contribution in [2.24, 2.45) is 0 Å². The zero-order valence-electron chi connectivity index (χ0n) is 7.19. The first-order valence-corrected chi connectivity index (χ1v) is 6.30. The van der Waals surface area contributed by atoms with Crippen molar-refractivity contribution in [3.8, 4) is 0 Å². The van der Waals surface area contributed by atoms with Gasteiger partial charge in [0.15, 0.2) is 0 Å². The summed E-state index contributed by atoms with van der Waals surface area (Å²) >= 11 is 1.91. The van der Waals surface area contributed by atoms with Gasteiger partial charge in [-0.3, -0.25) is 4.79 Å². The van der Waals surface area contributed by atoms with Crippen molar-refractivity contribution in [3.05, 3.63) is 27.3 Å². The first-order chi connectivity index (χ1) is 6.46. The second kappa shape index (κ2) is 2.93. The number of halogens is 1. The lowest BCUT2D eigenvalue weighted by Gasteiger charge is -2.06. The Bertz CT molecular complexity index is 523. The van der Waals surface area contributed by atoms with E-state index in [2.05, 4.69) is 0 Å². The molecule has 4 nitrogen and oxygen atoms in total. The summed E-state index contributed by atoms with van der Waals surface area (Å²) in [7, 11) is -2.32. The molecule has 0 bridgehead atoms. The van der Waals surface area contributed by atoms with E-state index in [4.69, 9.17) is 0 Å². The Labute approximate surface area is 95.1 Å². The van der Waals surface area contributed by atoms with Crippen molar-refractivity contribution in [1.82, 2.24) is 4.31 Å². The molecule has 0 fully saturated rings. The normalized spacial score (nSPS) is 18.4. The van der Waals surface area contributed by atoms with Gasteiger partial charge in [-0.05, 0) is 34.7 Å². The van der Waals surface area contributed by atoms with Crippen molar-refractivity contribution in [2.45, 2.75) is 4.90 Å². The summed E-state index contributed by atoms with van der Waals surface area (Å²) in [4.78, 5) is 11.6. The van der Waals surface area contributed by atoms with E-state index in [1.807, 2.05) is 22.6 Å². The zero-order chi connectivity index (χ0) is 10.5. The van der Waals surface area contributed by atoms with Crippen LogP contribution in [0.1, 0.15) is 10.4 Å². The molecule has 1 heterocycles. The number of nitrogens with zero attached hydrogens (tertiary/aromatic N) is 1. The van der Waals surface area contributed by atoms with Gasteiger partial charge in [0.05, 0.1) is 5.56 Å². The fourth-order valence-corrected chi connectivity index (χ4v) is 4.03. The molecular formula is C8H6INO3S. The van der Waals surface area contributed by atoms with Crippen molar-refractivity contribution in [1.29, 1.82) is 0 Å². The molecule has 0 unspecified atom stereocenters. The number of benzene rings is 1. The second-order valence-electron chi connectivity index (χ2n) is 2.89. The van der Waals surface area contributed by atoms with Gasteiger partial charge in [0.2, 0.25) is 0 Å². The fourth-order valence-electron chi connectivity index (χ4n) is 1.36. The Morgan fingerprint density at radius 3 is 2.57 bits per heavy atom. The summed E-state index contributed by atoms with van der Waals surface area (Å²) in [6.07, 6.45) is 0. The number of rotatable bonds is 0. The lowest BCUT2D eigenvalue weighted by molar-refractivity contribution is 0.0891. The van der Waals surface area contributed by atoms with Gasteiger partial charge in [0.1, 0.15) is 4.90 Å². The molecule has 0 aromatic heterocycles. The van der Waals surface area contributed by atoms with Crippen LogP contribution in [0.4, 0.5) is 0 Å². The largest absolute Gasteiger partial charge is 0.268 e. The summed E-state index contributed by atoms with van der Waals surface area (Å²) in [5.41, 5.74) is 0.263. The van der Waals surface area contributed by atoms with Gasteiger partial charge in [0.25, 0.3) is 15.9 Å². The number of amides is 1. The van der Waals surface area contributed by atoms with E-state index >= 15 is 0 Å². The molecule has 14 heavy (non-hydrogen) atoms. The zero-order valence-corrected chi connectivity index (χ0v) is 10.2. The molecule has 0 atom stereocenters. The van der Waals surface area contributed by atoms with Crippen molar-refractivity contribution in [3.63, 3.8) is 0 Å². The van der Waals surface area contributed by atoms with Crippen LogP contribution in [0.25, 0.3) is 0 Å². The predicted molar refractivity (Wildman–Crippen MR) is 58.4 cm³/mol. The van der Waals surface area contributed by atoms with Crippen LogP contribution >= 0.6 is 22.6 Å². The molecule has 1 amide bonds. The standard InChI is InChI=1S/C8H6INO3S/c1-10-8(11)5-3-2-4-6(9)7(5)14(10,12)13/h2-4H,1H3. The molecule has 1 aliphatic heterocycles. The number of carbonyl (C=O) groups is 1. The molecule has 0 saturated heterocycles. The SMILES string of the molecule is CN1C(=O)c2cccc(I)c2S1(=O)=O. The van der Waals surface area contributed by atoms with E-state index in [0.29, 0.717) is 3.57 Å². The third kappa shape index (κ3) is 1.10. The highest BCUT2D eigenvalue weighted by Crippen LogP contribution is 2.32. The number of hydrogen-bond donors (Lipinski definition) is 0. The lowest BCUT2D eigenvalue weighted by atomic mass is 10.2. The van der Waals surface area contributed by atoms with Gasteiger partial charge in [-0.2, -0.15) is 0 Å². The van der Waals surface area contributed by atoms with E-state index in [-0.39, 0.29) is 10.5 Å². The Hall–Kier alpha value is -0.630. The molecule has 74 valence electrons. The first-order valence-electron chi connectivity index (χ1n) is 3.78. The summed E-state index contributed by atoms with van der Waals surface area (Å²) in [5, 5.41) is 0. The highest BCUT2D eigenvalue weighted by molar-refractivity contribution is 14.1. The van der Waals surface area contributed by atoms with E-state index in [0.717, 1.165) is 4.31 Å². The third-order valence-electron chi connectivity index (χ3n) is 2.10. The molecule has 0 spiro atoms. The second-order valence-corrected chi connectivity index (χ2v) is 5.96. The maximum atomic E-state index is 11.7. The molecule has 1 aliphatic rings. The fraction of sp³-hybridized carbons (Fsp3) is 0.125. The molecule has 0 saturated carbocycles. The quantitative estimate of drug-likeness (QED) is 0.671. The Kier molecular flexibility index (Phi) is 2.07. The van der Waals surface area contributed by atoms with Crippen molar-refractivity contribution >= 4 is 38.5 Å². The van der Waals surface area contributed by atoms with Crippen LogP contribution in [0.15, 0.2) is 23.1 Å². The van der Waals surface area contributed by atoms with Crippen LogP contribution in [0, 0.1) is 3.57 Å². The van der Waals surface area contributed by atoms with Crippen LogP contribution < -0.4 is 0 Å². The molecule has 0 N–H and O–H groups in total. The summed E-state index contributed by atoms with van der Waals surface area (Å²) in [6.45, 7) is 0. The monoisotopic (exact) mass is 323 g/mol. The maximum Gasteiger partial charge on any atom is 0.268 e. The topological polar surface area (TPSA) is 54.5 Å². The van der Waals surface area contributed by atoms with E-state index in [9.17, 15) is 13.2 Å². The minimum Gasteiger partial charge on any atom is -0.268 e. The molecule has 6 heteroatoms.